The summed E-state index contributed by atoms with van der Waals surface area (Å²) in [5.74, 6) is -0.671. The molecule has 5 N–H and O–H groups in total. The molecule has 0 unspecified atom stereocenters. The summed E-state index contributed by atoms with van der Waals surface area (Å²) in [5, 5.41) is 8.04. The molecular formula is C12H18FN3O3S. The van der Waals surface area contributed by atoms with Crippen molar-refractivity contribution in [3.05, 3.63) is 24.0 Å². The lowest BCUT2D eigenvalue weighted by molar-refractivity contribution is 0.0627. The molecule has 2 rings (SSSR count). The lowest BCUT2D eigenvalue weighted by Crippen LogP contribution is -2.49. The number of rotatable bonds is 4. The van der Waals surface area contributed by atoms with Gasteiger partial charge in [-0.2, -0.15) is 0 Å². The molecule has 0 aromatic heterocycles. The maximum absolute atomic E-state index is 14.0. The van der Waals surface area contributed by atoms with Crippen molar-refractivity contribution >= 4 is 15.7 Å². The zero-order chi connectivity index (χ0) is 14.8. The van der Waals surface area contributed by atoms with Crippen molar-refractivity contribution in [3.63, 3.8) is 0 Å². The van der Waals surface area contributed by atoms with Crippen LogP contribution in [0.4, 0.5) is 10.1 Å². The van der Waals surface area contributed by atoms with Gasteiger partial charge in [-0.05, 0) is 31.0 Å². The van der Waals surface area contributed by atoms with Gasteiger partial charge >= 0.3 is 0 Å². The third-order valence-electron chi connectivity index (χ3n) is 3.51. The Morgan fingerprint density at radius 3 is 2.50 bits per heavy atom. The van der Waals surface area contributed by atoms with Gasteiger partial charge in [0.1, 0.15) is 5.82 Å². The number of hydrogen-bond donors (Lipinski definition) is 3. The highest BCUT2D eigenvalue weighted by atomic mass is 32.2. The first kappa shape index (κ1) is 15.2. The molecule has 1 aliphatic rings. The third kappa shape index (κ3) is 3.26. The minimum Gasteiger partial charge on any atom is -0.381 e. The second kappa shape index (κ2) is 5.65. The van der Waals surface area contributed by atoms with Crippen molar-refractivity contribution in [2.75, 3.05) is 25.1 Å². The van der Waals surface area contributed by atoms with Gasteiger partial charge in [0.15, 0.2) is 0 Å². The summed E-state index contributed by atoms with van der Waals surface area (Å²) >= 11 is 0. The minimum atomic E-state index is -3.91. The van der Waals surface area contributed by atoms with Crippen LogP contribution >= 0.6 is 0 Å². The summed E-state index contributed by atoms with van der Waals surface area (Å²) in [5.41, 5.74) is 5.56. The fourth-order valence-corrected chi connectivity index (χ4v) is 2.73. The monoisotopic (exact) mass is 303 g/mol. The van der Waals surface area contributed by atoms with E-state index >= 15 is 0 Å². The highest BCUT2D eigenvalue weighted by Crippen LogP contribution is 2.27. The van der Waals surface area contributed by atoms with Crippen LogP contribution in [-0.2, 0) is 14.8 Å². The topological polar surface area (TPSA) is 107 Å². The maximum atomic E-state index is 14.0. The summed E-state index contributed by atoms with van der Waals surface area (Å²) in [7, 11) is -3.91. The molecule has 1 aromatic carbocycles. The molecule has 0 spiro atoms. The van der Waals surface area contributed by atoms with E-state index < -0.39 is 21.4 Å². The highest BCUT2D eigenvalue weighted by molar-refractivity contribution is 7.89. The normalized spacial score (nSPS) is 18.8. The predicted molar refractivity (Wildman–Crippen MR) is 73.2 cm³/mol. The molecule has 0 radical (unpaired) electrons. The molecule has 1 aliphatic heterocycles. The molecule has 0 aliphatic carbocycles. The Hall–Kier alpha value is -1.22. The number of anilines is 1. The van der Waals surface area contributed by atoms with Crippen LogP contribution in [0.2, 0.25) is 0 Å². The summed E-state index contributed by atoms with van der Waals surface area (Å²) in [6.45, 7) is 1.45. The van der Waals surface area contributed by atoms with Crippen molar-refractivity contribution in [2.45, 2.75) is 23.3 Å². The fourth-order valence-electron chi connectivity index (χ4n) is 2.20. The first-order valence-electron chi connectivity index (χ1n) is 6.25. The van der Waals surface area contributed by atoms with E-state index in [2.05, 4.69) is 5.32 Å². The molecule has 0 amide bonds. The van der Waals surface area contributed by atoms with Crippen LogP contribution in [-0.4, -0.2) is 33.7 Å². The SMILES string of the molecule is NCC1(Nc2ccc(S(N)(=O)=O)cc2F)CCOCC1. The second-order valence-corrected chi connectivity index (χ2v) is 6.47. The van der Waals surface area contributed by atoms with Gasteiger partial charge in [0.2, 0.25) is 10.0 Å². The summed E-state index contributed by atoms with van der Waals surface area (Å²) < 4.78 is 41.6. The van der Waals surface area contributed by atoms with Crippen molar-refractivity contribution in [3.8, 4) is 0 Å². The summed E-state index contributed by atoms with van der Waals surface area (Å²) in [4.78, 5) is -0.255. The molecule has 20 heavy (non-hydrogen) atoms. The van der Waals surface area contributed by atoms with Gasteiger partial charge in [-0.1, -0.05) is 0 Å². The fraction of sp³-hybridized carbons (Fsp3) is 0.500. The van der Waals surface area contributed by atoms with Crippen LogP contribution in [0.15, 0.2) is 23.1 Å². The first-order valence-corrected chi connectivity index (χ1v) is 7.79. The third-order valence-corrected chi connectivity index (χ3v) is 4.42. The number of halogens is 1. The number of primary sulfonamides is 1. The van der Waals surface area contributed by atoms with Crippen molar-refractivity contribution in [1.29, 1.82) is 0 Å². The predicted octanol–water partition coefficient (Wildman–Crippen LogP) is 0.393. The molecule has 1 saturated heterocycles. The molecule has 0 atom stereocenters. The number of sulfonamides is 1. The molecule has 1 fully saturated rings. The van der Waals surface area contributed by atoms with E-state index in [0.29, 0.717) is 32.6 Å². The quantitative estimate of drug-likeness (QED) is 0.746. The molecule has 112 valence electrons. The number of hydrogen-bond acceptors (Lipinski definition) is 5. The van der Waals surface area contributed by atoms with E-state index in [1.807, 2.05) is 0 Å². The van der Waals surface area contributed by atoms with E-state index in [9.17, 15) is 12.8 Å². The highest BCUT2D eigenvalue weighted by Gasteiger charge is 2.31. The van der Waals surface area contributed by atoms with E-state index in [1.165, 1.54) is 12.1 Å². The van der Waals surface area contributed by atoms with Gasteiger partial charge in [-0.15, -0.1) is 0 Å². The number of nitrogens with one attached hydrogen (secondary N) is 1. The van der Waals surface area contributed by atoms with E-state index in [0.717, 1.165) is 6.07 Å². The molecular weight excluding hydrogens is 285 g/mol. The van der Waals surface area contributed by atoms with Crippen LogP contribution in [0.25, 0.3) is 0 Å². The first-order chi connectivity index (χ1) is 9.36. The summed E-state index contributed by atoms with van der Waals surface area (Å²) in [6.07, 6.45) is 1.33. The average Bonchev–Trinajstić information content (AvgIpc) is 2.41. The molecule has 1 heterocycles. The smallest absolute Gasteiger partial charge is 0.238 e. The minimum absolute atomic E-state index is 0.213. The van der Waals surface area contributed by atoms with Crippen molar-refractivity contribution in [2.24, 2.45) is 10.9 Å². The number of ether oxygens (including phenoxy) is 1. The largest absolute Gasteiger partial charge is 0.381 e. The van der Waals surface area contributed by atoms with E-state index in [4.69, 9.17) is 15.6 Å². The van der Waals surface area contributed by atoms with Crippen LogP contribution in [0.5, 0.6) is 0 Å². The van der Waals surface area contributed by atoms with Crippen LogP contribution in [0.3, 0.4) is 0 Å². The van der Waals surface area contributed by atoms with E-state index in [-0.39, 0.29) is 10.6 Å². The van der Waals surface area contributed by atoms with Crippen molar-refractivity contribution in [1.82, 2.24) is 0 Å². The van der Waals surface area contributed by atoms with Gasteiger partial charge in [0.05, 0.1) is 16.1 Å². The Kier molecular flexibility index (Phi) is 4.28. The van der Waals surface area contributed by atoms with Crippen LogP contribution < -0.4 is 16.2 Å². The molecule has 0 bridgehead atoms. The van der Waals surface area contributed by atoms with Crippen LogP contribution in [0.1, 0.15) is 12.8 Å². The molecule has 8 heteroatoms. The Morgan fingerprint density at radius 1 is 1.35 bits per heavy atom. The molecule has 1 aromatic rings. The Labute approximate surface area is 117 Å². The average molecular weight is 303 g/mol. The van der Waals surface area contributed by atoms with Gasteiger partial charge < -0.3 is 15.8 Å². The number of nitrogens with two attached hydrogens (primary N) is 2. The molecule has 0 saturated carbocycles. The van der Waals surface area contributed by atoms with Crippen molar-refractivity contribution < 1.29 is 17.5 Å². The molecule has 6 nitrogen and oxygen atoms in total. The second-order valence-electron chi connectivity index (χ2n) is 4.91. The van der Waals surface area contributed by atoms with Gasteiger partial charge in [0.25, 0.3) is 0 Å². The van der Waals surface area contributed by atoms with Gasteiger partial charge in [-0.25, -0.2) is 17.9 Å². The van der Waals surface area contributed by atoms with Gasteiger partial charge in [-0.3, -0.25) is 0 Å². The maximum Gasteiger partial charge on any atom is 0.238 e. The lowest BCUT2D eigenvalue weighted by Gasteiger charge is -2.38. The Balaban J connectivity index is 2.25. The standard InChI is InChI=1S/C12H18FN3O3S/c13-10-7-9(20(15,17)18)1-2-11(10)16-12(8-14)3-5-19-6-4-12/h1-2,7,16H,3-6,8,14H2,(H2,15,17,18). The lowest BCUT2D eigenvalue weighted by atomic mass is 9.90. The Bertz CT molecular complexity index is 586. The van der Waals surface area contributed by atoms with Crippen LogP contribution in [0, 0.1) is 5.82 Å². The van der Waals surface area contributed by atoms with E-state index in [1.54, 1.807) is 0 Å². The zero-order valence-corrected chi connectivity index (χ0v) is 11.7. The Morgan fingerprint density at radius 2 is 2.00 bits per heavy atom. The number of benzene rings is 1. The van der Waals surface area contributed by atoms with Gasteiger partial charge in [0, 0.05) is 19.8 Å². The summed E-state index contributed by atoms with van der Waals surface area (Å²) in [6, 6.07) is 3.54. The zero-order valence-electron chi connectivity index (χ0n) is 10.9.